The highest BCUT2D eigenvalue weighted by molar-refractivity contribution is 5.46. The number of rotatable bonds is 3. The van der Waals surface area contributed by atoms with Crippen LogP contribution in [0.25, 0.3) is 0 Å². The predicted molar refractivity (Wildman–Crippen MR) is 71.2 cm³/mol. The highest BCUT2D eigenvalue weighted by atomic mass is 15.1. The van der Waals surface area contributed by atoms with E-state index >= 15 is 0 Å². The topological polar surface area (TPSA) is 49.8 Å². The minimum atomic E-state index is 0.540. The van der Waals surface area contributed by atoms with Gasteiger partial charge in [0.2, 0.25) is 0 Å². The van der Waals surface area contributed by atoms with Crippen molar-refractivity contribution < 1.29 is 0 Å². The van der Waals surface area contributed by atoms with Crippen molar-refractivity contribution in [2.75, 3.05) is 17.7 Å². The van der Waals surface area contributed by atoms with Crippen molar-refractivity contribution in [2.45, 2.75) is 39.2 Å². The Morgan fingerprint density at radius 2 is 1.94 bits per heavy atom. The quantitative estimate of drug-likeness (QED) is 0.844. The van der Waals surface area contributed by atoms with Gasteiger partial charge in [0.15, 0.2) is 0 Å². The lowest BCUT2D eigenvalue weighted by Crippen LogP contribution is -2.35. The van der Waals surface area contributed by atoms with Gasteiger partial charge in [-0.25, -0.2) is 9.97 Å². The second kappa shape index (κ2) is 5.34. The van der Waals surface area contributed by atoms with Gasteiger partial charge in [0.1, 0.15) is 18.0 Å². The minimum absolute atomic E-state index is 0.540. The van der Waals surface area contributed by atoms with Crippen LogP contribution in [-0.4, -0.2) is 23.1 Å². The Labute approximate surface area is 103 Å². The molecule has 17 heavy (non-hydrogen) atoms. The molecule has 0 saturated heterocycles. The summed E-state index contributed by atoms with van der Waals surface area (Å²) < 4.78 is 0. The molecule has 1 heterocycles. The molecule has 1 saturated carbocycles. The second-order valence-corrected chi connectivity index (χ2v) is 5.06. The van der Waals surface area contributed by atoms with Gasteiger partial charge >= 0.3 is 0 Å². The van der Waals surface area contributed by atoms with E-state index < -0.39 is 0 Å². The van der Waals surface area contributed by atoms with Crippen LogP contribution in [0.2, 0.25) is 0 Å². The van der Waals surface area contributed by atoms with Gasteiger partial charge in [-0.1, -0.05) is 26.7 Å². The third-order valence-corrected chi connectivity index (χ3v) is 3.96. The number of aromatic nitrogens is 2. The van der Waals surface area contributed by atoms with Crippen LogP contribution < -0.4 is 10.6 Å². The first-order chi connectivity index (χ1) is 8.20. The third kappa shape index (κ3) is 2.87. The van der Waals surface area contributed by atoms with Gasteiger partial charge in [0, 0.05) is 19.2 Å². The van der Waals surface area contributed by atoms with Crippen LogP contribution in [0, 0.1) is 11.8 Å². The number of nitrogens with zero attached hydrogens (tertiary/aromatic N) is 2. The Hall–Kier alpha value is -1.32. The fraction of sp³-hybridized carbons (Fsp3) is 0.692. The van der Waals surface area contributed by atoms with Gasteiger partial charge in [0.25, 0.3) is 0 Å². The van der Waals surface area contributed by atoms with E-state index in [1.54, 1.807) is 6.33 Å². The van der Waals surface area contributed by atoms with Crippen molar-refractivity contribution in [3.05, 3.63) is 12.4 Å². The average Bonchev–Trinajstić information content (AvgIpc) is 2.35. The Bertz CT molecular complexity index is 366. The third-order valence-electron chi connectivity index (χ3n) is 3.96. The molecule has 0 aliphatic heterocycles. The first-order valence-electron chi connectivity index (χ1n) is 6.47. The summed E-state index contributed by atoms with van der Waals surface area (Å²) in [6.07, 6.45) is 5.51. The Morgan fingerprint density at radius 1 is 1.18 bits per heavy atom. The molecule has 1 aliphatic rings. The van der Waals surface area contributed by atoms with Crippen molar-refractivity contribution in [3.63, 3.8) is 0 Å². The fourth-order valence-electron chi connectivity index (χ4n) is 2.55. The molecule has 0 radical (unpaired) electrons. The van der Waals surface area contributed by atoms with E-state index in [-0.39, 0.29) is 0 Å². The van der Waals surface area contributed by atoms with Crippen molar-refractivity contribution in [2.24, 2.45) is 11.8 Å². The Morgan fingerprint density at radius 3 is 2.71 bits per heavy atom. The number of hydrogen-bond acceptors (Lipinski definition) is 4. The van der Waals surface area contributed by atoms with Gasteiger partial charge in [-0.2, -0.15) is 0 Å². The zero-order valence-electron chi connectivity index (χ0n) is 10.9. The van der Waals surface area contributed by atoms with Crippen LogP contribution >= 0.6 is 0 Å². The predicted octanol–water partition coefficient (Wildman–Crippen LogP) is 2.75. The molecular weight excluding hydrogens is 212 g/mol. The van der Waals surface area contributed by atoms with Gasteiger partial charge in [-0.05, 0) is 18.3 Å². The molecule has 3 atom stereocenters. The van der Waals surface area contributed by atoms with E-state index in [9.17, 15) is 0 Å². The summed E-state index contributed by atoms with van der Waals surface area (Å²) in [4.78, 5) is 8.40. The Balaban J connectivity index is 2.04. The summed E-state index contributed by atoms with van der Waals surface area (Å²) >= 11 is 0. The zero-order chi connectivity index (χ0) is 12.3. The maximum atomic E-state index is 4.28. The molecule has 0 aromatic carbocycles. The average molecular weight is 234 g/mol. The maximum absolute atomic E-state index is 4.28. The molecule has 2 N–H and O–H groups in total. The van der Waals surface area contributed by atoms with Crippen LogP contribution in [0.1, 0.15) is 33.1 Å². The van der Waals surface area contributed by atoms with Crippen LogP contribution in [0.4, 0.5) is 11.6 Å². The molecule has 1 aromatic rings. The first-order valence-corrected chi connectivity index (χ1v) is 6.47. The largest absolute Gasteiger partial charge is 0.373 e. The molecule has 0 bridgehead atoms. The van der Waals surface area contributed by atoms with E-state index in [0.29, 0.717) is 12.0 Å². The molecule has 0 spiro atoms. The number of hydrogen-bond donors (Lipinski definition) is 2. The fourth-order valence-corrected chi connectivity index (χ4v) is 2.55. The lowest BCUT2D eigenvalue weighted by Gasteiger charge is -2.34. The van der Waals surface area contributed by atoms with E-state index in [2.05, 4.69) is 34.4 Å². The maximum Gasteiger partial charge on any atom is 0.131 e. The molecule has 4 heteroatoms. The van der Waals surface area contributed by atoms with Crippen molar-refractivity contribution in [3.8, 4) is 0 Å². The van der Waals surface area contributed by atoms with Crippen LogP contribution in [-0.2, 0) is 0 Å². The molecule has 2 rings (SSSR count). The molecule has 1 aromatic heterocycles. The van der Waals surface area contributed by atoms with Gasteiger partial charge in [0.05, 0.1) is 0 Å². The Kier molecular flexibility index (Phi) is 3.82. The van der Waals surface area contributed by atoms with E-state index in [1.807, 2.05) is 13.1 Å². The molecule has 3 unspecified atom stereocenters. The smallest absolute Gasteiger partial charge is 0.131 e. The molecule has 4 nitrogen and oxygen atoms in total. The monoisotopic (exact) mass is 234 g/mol. The van der Waals surface area contributed by atoms with Gasteiger partial charge in [-0.3, -0.25) is 0 Å². The summed E-state index contributed by atoms with van der Waals surface area (Å²) in [5.41, 5.74) is 0. The molecule has 0 amide bonds. The van der Waals surface area contributed by atoms with E-state index in [0.717, 1.165) is 17.6 Å². The van der Waals surface area contributed by atoms with Crippen molar-refractivity contribution in [1.29, 1.82) is 0 Å². The SMILES string of the molecule is CNc1cc(NC2CCCC(C)C2C)ncn1. The molecular formula is C13H22N4. The minimum Gasteiger partial charge on any atom is -0.373 e. The lowest BCUT2D eigenvalue weighted by molar-refractivity contribution is 0.253. The summed E-state index contributed by atoms with van der Waals surface area (Å²) in [6, 6.07) is 2.50. The van der Waals surface area contributed by atoms with E-state index in [1.165, 1.54) is 19.3 Å². The highest BCUT2D eigenvalue weighted by Crippen LogP contribution is 2.31. The number of anilines is 2. The van der Waals surface area contributed by atoms with Crippen LogP contribution in [0.5, 0.6) is 0 Å². The van der Waals surface area contributed by atoms with Crippen LogP contribution in [0.3, 0.4) is 0 Å². The molecule has 94 valence electrons. The second-order valence-electron chi connectivity index (χ2n) is 5.06. The summed E-state index contributed by atoms with van der Waals surface area (Å²) in [5.74, 6) is 3.29. The highest BCUT2D eigenvalue weighted by Gasteiger charge is 2.27. The summed E-state index contributed by atoms with van der Waals surface area (Å²) in [5, 5.41) is 6.58. The zero-order valence-corrected chi connectivity index (χ0v) is 10.9. The number of nitrogens with one attached hydrogen (secondary N) is 2. The van der Waals surface area contributed by atoms with Gasteiger partial charge in [-0.15, -0.1) is 0 Å². The summed E-state index contributed by atoms with van der Waals surface area (Å²) in [7, 11) is 1.87. The van der Waals surface area contributed by atoms with Crippen molar-refractivity contribution >= 4 is 11.6 Å². The van der Waals surface area contributed by atoms with Crippen LogP contribution in [0.15, 0.2) is 12.4 Å². The molecule has 1 fully saturated rings. The lowest BCUT2D eigenvalue weighted by atomic mass is 9.78. The van der Waals surface area contributed by atoms with Gasteiger partial charge < -0.3 is 10.6 Å². The first kappa shape index (κ1) is 12.1. The van der Waals surface area contributed by atoms with E-state index in [4.69, 9.17) is 0 Å². The molecule has 1 aliphatic carbocycles. The standard InChI is InChI=1S/C13H22N4/c1-9-5-4-6-11(10(9)2)17-13-7-12(14-3)15-8-16-13/h7-11H,4-6H2,1-3H3,(H2,14,15,16,17). The normalized spacial score (nSPS) is 28.8. The van der Waals surface area contributed by atoms with Crippen molar-refractivity contribution in [1.82, 2.24) is 9.97 Å². The summed E-state index contributed by atoms with van der Waals surface area (Å²) in [6.45, 7) is 4.68.